The average molecular weight is 326 g/mol. The van der Waals surface area contributed by atoms with Gasteiger partial charge in [-0.05, 0) is 30.0 Å². The quantitative estimate of drug-likeness (QED) is 0.645. The molecule has 0 aliphatic carbocycles. The molecule has 2 rings (SSSR count). The molecule has 2 N–H and O–H groups in total. The van der Waals surface area contributed by atoms with Crippen LogP contribution in [0.2, 0.25) is 5.02 Å². The van der Waals surface area contributed by atoms with Gasteiger partial charge in [-0.1, -0.05) is 25.4 Å². The first-order chi connectivity index (χ1) is 10.6. The van der Waals surface area contributed by atoms with Crippen LogP contribution in [0, 0.1) is 5.92 Å². The number of benzene rings is 1. The van der Waals surface area contributed by atoms with Gasteiger partial charge in [0.2, 0.25) is 0 Å². The van der Waals surface area contributed by atoms with Gasteiger partial charge in [0, 0.05) is 20.1 Å². The summed E-state index contributed by atoms with van der Waals surface area (Å²) in [5.41, 5.74) is 1.03. The van der Waals surface area contributed by atoms with E-state index in [0.29, 0.717) is 42.2 Å². The fourth-order valence-electron chi connectivity index (χ4n) is 2.15. The number of nitrogens with one attached hydrogen (secondary N) is 2. The number of hydrogen-bond donors (Lipinski definition) is 2. The Morgan fingerprint density at radius 1 is 1.27 bits per heavy atom. The van der Waals surface area contributed by atoms with E-state index in [1.165, 1.54) is 0 Å². The summed E-state index contributed by atoms with van der Waals surface area (Å²) in [5, 5.41) is 7.16. The van der Waals surface area contributed by atoms with E-state index in [-0.39, 0.29) is 0 Å². The molecule has 0 saturated carbocycles. The van der Waals surface area contributed by atoms with E-state index in [4.69, 9.17) is 21.1 Å². The van der Waals surface area contributed by atoms with Crippen LogP contribution in [0.1, 0.15) is 25.8 Å². The van der Waals surface area contributed by atoms with Crippen LogP contribution in [0.4, 0.5) is 0 Å². The molecule has 0 aromatic heterocycles. The summed E-state index contributed by atoms with van der Waals surface area (Å²) in [6, 6.07) is 3.85. The molecule has 5 nitrogen and oxygen atoms in total. The lowest BCUT2D eigenvalue weighted by Crippen LogP contribution is -2.37. The van der Waals surface area contributed by atoms with Gasteiger partial charge in [0.15, 0.2) is 17.5 Å². The van der Waals surface area contributed by atoms with Crippen molar-refractivity contribution in [2.75, 3.05) is 26.8 Å². The zero-order chi connectivity index (χ0) is 15.9. The van der Waals surface area contributed by atoms with Crippen LogP contribution < -0.4 is 20.1 Å². The van der Waals surface area contributed by atoms with Crippen LogP contribution in [-0.4, -0.2) is 32.8 Å². The number of guanidine groups is 1. The largest absolute Gasteiger partial charge is 0.486 e. The number of aliphatic imine (C=N–C) groups is 1. The summed E-state index contributed by atoms with van der Waals surface area (Å²) in [4.78, 5) is 4.22. The van der Waals surface area contributed by atoms with Crippen LogP contribution in [0.15, 0.2) is 17.1 Å². The lowest BCUT2D eigenvalue weighted by atomic mass is 10.1. The number of rotatable bonds is 5. The lowest BCUT2D eigenvalue weighted by Gasteiger charge is -2.20. The highest BCUT2D eigenvalue weighted by molar-refractivity contribution is 6.32. The van der Waals surface area contributed by atoms with Crippen molar-refractivity contribution >= 4 is 17.6 Å². The standard InChI is InChI=1S/C16H24ClN3O2/c1-11(2)4-5-19-16(18-3)20-10-12-8-13(17)15-14(9-12)21-6-7-22-15/h8-9,11H,4-7,10H2,1-3H3,(H2,18,19,20). The molecular weight excluding hydrogens is 302 g/mol. The van der Waals surface area contributed by atoms with E-state index >= 15 is 0 Å². The average Bonchev–Trinajstić information content (AvgIpc) is 2.50. The second-order valence-corrected chi connectivity index (χ2v) is 6.04. The summed E-state index contributed by atoms with van der Waals surface area (Å²) in [6.45, 7) is 7.02. The van der Waals surface area contributed by atoms with Crippen molar-refractivity contribution in [3.63, 3.8) is 0 Å². The molecule has 122 valence electrons. The van der Waals surface area contributed by atoms with Crippen LogP contribution in [0.5, 0.6) is 11.5 Å². The Kier molecular flexibility index (Phi) is 6.19. The normalized spacial score (nSPS) is 14.1. The minimum absolute atomic E-state index is 0.538. The smallest absolute Gasteiger partial charge is 0.191 e. The zero-order valence-corrected chi connectivity index (χ0v) is 14.2. The van der Waals surface area contributed by atoms with E-state index in [2.05, 4.69) is 29.5 Å². The maximum Gasteiger partial charge on any atom is 0.191 e. The van der Waals surface area contributed by atoms with Crippen molar-refractivity contribution < 1.29 is 9.47 Å². The minimum atomic E-state index is 0.538. The molecule has 1 aliphatic rings. The Morgan fingerprint density at radius 2 is 2.05 bits per heavy atom. The van der Waals surface area contributed by atoms with Gasteiger partial charge in [-0.3, -0.25) is 4.99 Å². The van der Waals surface area contributed by atoms with Gasteiger partial charge in [-0.25, -0.2) is 0 Å². The highest BCUT2D eigenvalue weighted by Gasteiger charge is 2.16. The summed E-state index contributed by atoms with van der Waals surface area (Å²) >= 11 is 6.24. The van der Waals surface area contributed by atoms with Gasteiger partial charge in [-0.2, -0.15) is 0 Å². The van der Waals surface area contributed by atoms with Gasteiger partial charge in [0.25, 0.3) is 0 Å². The van der Waals surface area contributed by atoms with Gasteiger partial charge < -0.3 is 20.1 Å². The Hall–Kier alpha value is -1.62. The van der Waals surface area contributed by atoms with Crippen molar-refractivity contribution in [1.29, 1.82) is 0 Å². The molecule has 1 aromatic carbocycles. The highest BCUT2D eigenvalue weighted by Crippen LogP contribution is 2.38. The molecular formula is C16H24ClN3O2. The van der Waals surface area contributed by atoms with Crippen molar-refractivity contribution in [2.24, 2.45) is 10.9 Å². The summed E-state index contributed by atoms with van der Waals surface area (Å²) < 4.78 is 11.1. The molecule has 0 fully saturated rings. The summed E-state index contributed by atoms with van der Waals surface area (Å²) in [7, 11) is 1.77. The first-order valence-electron chi connectivity index (χ1n) is 7.62. The van der Waals surface area contributed by atoms with Crippen molar-refractivity contribution in [3.8, 4) is 11.5 Å². The van der Waals surface area contributed by atoms with Gasteiger partial charge >= 0.3 is 0 Å². The SMILES string of the molecule is CN=C(NCCC(C)C)NCc1cc(Cl)c2c(c1)OCCO2. The Morgan fingerprint density at radius 3 is 2.77 bits per heavy atom. The second kappa shape index (κ2) is 8.13. The third kappa shape index (κ3) is 4.70. The van der Waals surface area contributed by atoms with Gasteiger partial charge in [-0.15, -0.1) is 0 Å². The van der Waals surface area contributed by atoms with Crippen LogP contribution in [0.25, 0.3) is 0 Å². The van der Waals surface area contributed by atoms with E-state index in [0.717, 1.165) is 24.5 Å². The van der Waals surface area contributed by atoms with E-state index < -0.39 is 0 Å². The molecule has 0 unspecified atom stereocenters. The van der Waals surface area contributed by atoms with Crippen LogP contribution >= 0.6 is 11.6 Å². The van der Waals surface area contributed by atoms with Crippen molar-refractivity contribution in [3.05, 3.63) is 22.7 Å². The van der Waals surface area contributed by atoms with Crippen LogP contribution in [0.3, 0.4) is 0 Å². The fraction of sp³-hybridized carbons (Fsp3) is 0.562. The van der Waals surface area contributed by atoms with Crippen molar-refractivity contribution in [2.45, 2.75) is 26.8 Å². The Bertz CT molecular complexity index is 532. The molecule has 1 aromatic rings. The fourth-order valence-corrected chi connectivity index (χ4v) is 2.44. The number of fused-ring (bicyclic) bond motifs is 1. The molecule has 0 spiro atoms. The molecule has 0 atom stereocenters. The number of hydrogen-bond acceptors (Lipinski definition) is 3. The lowest BCUT2D eigenvalue weighted by molar-refractivity contribution is 0.171. The van der Waals surface area contributed by atoms with Crippen LogP contribution in [-0.2, 0) is 6.54 Å². The maximum absolute atomic E-state index is 6.24. The van der Waals surface area contributed by atoms with E-state index in [1.807, 2.05) is 12.1 Å². The summed E-state index contributed by atoms with van der Waals surface area (Å²) in [6.07, 6.45) is 1.11. The molecule has 0 radical (unpaired) electrons. The first-order valence-corrected chi connectivity index (χ1v) is 8.00. The number of nitrogens with zero attached hydrogens (tertiary/aromatic N) is 1. The van der Waals surface area contributed by atoms with E-state index in [9.17, 15) is 0 Å². The topological polar surface area (TPSA) is 54.9 Å². The Balaban J connectivity index is 1.91. The first kappa shape index (κ1) is 16.7. The van der Waals surface area contributed by atoms with Gasteiger partial charge in [0.05, 0.1) is 5.02 Å². The molecule has 1 heterocycles. The van der Waals surface area contributed by atoms with E-state index in [1.54, 1.807) is 7.05 Å². The maximum atomic E-state index is 6.24. The summed E-state index contributed by atoms with van der Waals surface area (Å²) in [5.74, 6) is 2.79. The number of halogens is 1. The molecule has 0 saturated heterocycles. The predicted molar refractivity (Wildman–Crippen MR) is 90.1 cm³/mol. The molecule has 22 heavy (non-hydrogen) atoms. The second-order valence-electron chi connectivity index (χ2n) is 5.64. The third-order valence-electron chi connectivity index (χ3n) is 3.35. The molecule has 6 heteroatoms. The highest BCUT2D eigenvalue weighted by atomic mass is 35.5. The monoisotopic (exact) mass is 325 g/mol. The van der Waals surface area contributed by atoms with Gasteiger partial charge in [0.1, 0.15) is 13.2 Å². The molecule has 0 bridgehead atoms. The third-order valence-corrected chi connectivity index (χ3v) is 3.64. The minimum Gasteiger partial charge on any atom is -0.486 e. The molecule has 0 amide bonds. The zero-order valence-electron chi connectivity index (χ0n) is 13.4. The van der Waals surface area contributed by atoms with Crippen molar-refractivity contribution in [1.82, 2.24) is 10.6 Å². The predicted octanol–water partition coefficient (Wildman–Crippen LogP) is 2.82. The molecule has 1 aliphatic heterocycles. The number of ether oxygens (including phenoxy) is 2. The Labute approximate surface area is 137 Å².